The first-order chi connectivity index (χ1) is 13.1. The average molecular weight is 366 g/mol. The number of hydrogen-bond acceptors (Lipinski definition) is 5. The van der Waals surface area contributed by atoms with E-state index in [0.29, 0.717) is 6.54 Å². The summed E-state index contributed by atoms with van der Waals surface area (Å²) in [5.74, 6) is 1.03. The number of benzene rings is 1. The van der Waals surface area contributed by atoms with E-state index in [1.807, 2.05) is 11.0 Å². The second kappa shape index (κ2) is 7.34. The number of pyridine rings is 1. The molecule has 140 valence electrons. The predicted octanol–water partition coefficient (Wildman–Crippen LogP) is 2.79. The molecule has 4 rings (SSSR count). The molecule has 1 amide bonds. The Morgan fingerprint density at radius 2 is 1.81 bits per heavy atom. The van der Waals surface area contributed by atoms with E-state index >= 15 is 0 Å². The number of piperidine rings is 1. The molecular formula is C20H22N4O3. The van der Waals surface area contributed by atoms with Crippen LogP contribution >= 0.6 is 0 Å². The quantitative estimate of drug-likeness (QED) is 0.616. The lowest BCUT2D eigenvalue weighted by Crippen LogP contribution is -2.44. The molecule has 1 aromatic heterocycles. The number of nitro groups is 1. The Hall–Kier alpha value is -2.96. The molecule has 27 heavy (non-hydrogen) atoms. The minimum absolute atomic E-state index is 0.00538. The van der Waals surface area contributed by atoms with Crippen LogP contribution in [-0.2, 0) is 17.8 Å². The molecule has 0 atom stereocenters. The molecule has 0 N–H and O–H groups in total. The van der Waals surface area contributed by atoms with E-state index in [9.17, 15) is 14.9 Å². The van der Waals surface area contributed by atoms with E-state index in [-0.39, 0.29) is 17.5 Å². The summed E-state index contributed by atoms with van der Waals surface area (Å²) in [6.07, 6.45) is 3.79. The van der Waals surface area contributed by atoms with E-state index < -0.39 is 4.92 Å². The highest BCUT2D eigenvalue weighted by atomic mass is 16.6. The molecule has 0 saturated carbocycles. The number of hydrogen-bond donors (Lipinski definition) is 0. The molecule has 1 aromatic carbocycles. The first-order valence-corrected chi connectivity index (χ1v) is 9.33. The summed E-state index contributed by atoms with van der Waals surface area (Å²) in [5.41, 5.74) is 2.60. The van der Waals surface area contributed by atoms with Crippen LogP contribution in [0.15, 0.2) is 42.6 Å². The normalized spacial score (nSPS) is 17.5. The van der Waals surface area contributed by atoms with Crippen molar-refractivity contribution in [2.45, 2.75) is 25.8 Å². The van der Waals surface area contributed by atoms with E-state index in [1.165, 1.54) is 23.4 Å². The molecule has 1 fully saturated rings. The predicted molar refractivity (Wildman–Crippen MR) is 101 cm³/mol. The summed E-state index contributed by atoms with van der Waals surface area (Å²) in [7, 11) is 0. The van der Waals surface area contributed by atoms with Crippen LogP contribution in [0.5, 0.6) is 0 Å². The SMILES string of the molecule is O=C(C1CCN(c2ccc([N+](=O)[O-])cn2)CC1)N1CCc2ccccc2C1. The standard InChI is InChI=1S/C20H22N4O3/c25-20(23-12-7-15-3-1-2-4-17(15)14-23)16-8-10-22(11-9-16)19-6-5-18(13-21-19)24(26)27/h1-6,13,16H,7-12,14H2. The van der Waals surface area contributed by atoms with Gasteiger partial charge in [-0.1, -0.05) is 24.3 Å². The average Bonchev–Trinajstić information content (AvgIpc) is 2.73. The molecule has 0 bridgehead atoms. The number of carbonyl (C=O) groups excluding carboxylic acids is 1. The van der Waals surface area contributed by atoms with Gasteiger partial charge in [-0.05, 0) is 36.5 Å². The molecule has 0 radical (unpaired) electrons. The van der Waals surface area contributed by atoms with Crippen LogP contribution in [0.25, 0.3) is 0 Å². The van der Waals surface area contributed by atoms with Crippen LogP contribution in [0.4, 0.5) is 11.5 Å². The second-order valence-electron chi connectivity index (χ2n) is 7.17. The van der Waals surface area contributed by atoms with Gasteiger partial charge < -0.3 is 9.80 Å². The van der Waals surface area contributed by atoms with Crippen molar-refractivity contribution >= 4 is 17.4 Å². The molecule has 0 aliphatic carbocycles. The first kappa shape index (κ1) is 17.5. The third-order valence-electron chi connectivity index (χ3n) is 5.55. The van der Waals surface area contributed by atoms with Crippen LogP contribution in [-0.4, -0.2) is 40.3 Å². The summed E-state index contributed by atoms with van der Waals surface area (Å²) in [6.45, 7) is 2.98. The molecule has 2 aliphatic rings. The third kappa shape index (κ3) is 3.63. The van der Waals surface area contributed by atoms with Crippen molar-refractivity contribution in [1.29, 1.82) is 0 Å². The lowest BCUT2D eigenvalue weighted by molar-refractivity contribution is -0.385. The fourth-order valence-corrected chi connectivity index (χ4v) is 3.97. The lowest BCUT2D eigenvalue weighted by atomic mass is 9.93. The Kier molecular flexibility index (Phi) is 4.75. The Morgan fingerprint density at radius 1 is 1.07 bits per heavy atom. The van der Waals surface area contributed by atoms with Gasteiger partial charge in [-0.3, -0.25) is 14.9 Å². The largest absolute Gasteiger partial charge is 0.357 e. The zero-order valence-corrected chi connectivity index (χ0v) is 15.1. The van der Waals surface area contributed by atoms with Crippen LogP contribution in [0.2, 0.25) is 0 Å². The fourth-order valence-electron chi connectivity index (χ4n) is 3.97. The highest BCUT2D eigenvalue weighted by molar-refractivity contribution is 5.79. The van der Waals surface area contributed by atoms with Crippen molar-refractivity contribution in [1.82, 2.24) is 9.88 Å². The van der Waals surface area contributed by atoms with Gasteiger partial charge in [-0.25, -0.2) is 4.98 Å². The lowest BCUT2D eigenvalue weighted by Gasteiger charge is -2.36. The van der Waals surface area contributed by atoms with Gasteiger partial charge in [0.05, 0.1) is 4.92 Å². The summed E-state index contributed by atoms with van der Waals surface area (Å²) >= 11 is 0. The van der Waals surface area contributed by atoms with Crippen LogP contribution < -0.4 is 4.90 Å². The zero-order valence-electron chi connectivity index (χ0n) is 15.1. The molecule has 3 heterocycles. The molecule has 0 spiro atoms. The van der Waals surface area contributed by atoms with Crippen molar-refractivity contribution in [3.05, 3.63) is 63.8 Å². The maximum atomic E-state index is 12.9. The smallest absolute Gasteiger partial charge is 0.287 e. The van der Waals surface area contributed by atoms with Crippen LogP contribution in [0.1, 0.15) is 24.0 Å². The molecule has 1 saturated heterocycles. The Morgan fingerprint density at radius 3 is 2.48 bits per heavy atom. The number of aromatic nitrogens is 1. The van der Waals surface area contributed by atoms with Gasteiger partial charge in [-0.2, -0.15) is 0 Å². The summed E-state index contributed by atoms with van der Waals surface area (Å²) < 4.78 is 0. The topological polar surface area (TPSA) is 79.6 Å². The molecule has 7 heteroatoms. The van der Waals surface area contributed by atoms with E-state index in [0.717, 1.165) is 44.7 Å². The number of amides is 1. The van der Waals surface area contributed by atoms with Gasteiger partial charge in [0.25, 0.3) is 5.69 Å². The van der Waals surface area contributed by atoms with E-state index in [2.05, 4.69) is 28.1 Å². The molecule has 7 nitrogen and oxygen atoms in total. The van der Waals surface area contributed by atoms with Gasteiger partial charge in [0.15, 0.2) is 0 Å². The van der Waals surface area contributed by atoms with Crippen molar-refractivity contribution in [2.75, 3.05) is 24.5 Å². The van der Waals surface area contributed by atoms with Crippen LogP contribution in [0.3, 0.4) is 0 Å². The second-order valence-corrected chi connectivity index (χ2v) is 7.17. The van der Waals surface area contributed by atoms with Gasteiger partial charge >= 0.3 is 0 Å². The van der Waals surface area contributed by atoms with Crippen molar-refractivity contribution in [3.8, 4) is 0 Å². The minimum Gasteiger partial charge on any atom is -0.357 e. The Labute approximate surface area is 157 Å². The van der Waals surface area contributed by atoms with Crippen molar-refractivity contribution < 1.29 is 9.72 Å². The van der Waals surface area contributed by atoms with Crippen LogP contribution in [0, 0.1) is 16.0 Å². The van der Waals surface area contributed by atoms with Gasteiger partial charge in [0.1, 0.15) is 12.0 Å². The summed E-state index contributed by atoms with van der Waals surface area (Å²) in [5, 5.41) is 10.7. The van der Waals surface area contributed by atoms with E-state index in [1.54, 1.807) is 6.07 Å². The number of anilines is 1. The highest BCUT2D eigenvalue weighted by Crippen LogP contribution is 2.27. The highest BCUT2D eigenvalue weighted by Gasteiger charge is 2.30. The van der Waals surface area contributed by atoms with Crippen molar-refractivity contribution in [3.63, 3.8) is 0 Å². The summed E-state index contributed by atoms with van der Waals surface area (Å²) in [4.78, 5) is 31.5. The fraction of sp³-hybridized carbons (Fsp3) is 0.400. The van der Waals surface area contributed by atoms with E-state index in [4.69, 9.17) is 0 Å². The first-order valence-electron chi connectivity index (χ1n) is 9.33. The number of fused-ring (bicyclic) bond motifs is 1. The Balaban J connectivity index is 1.35. The molecule has 2 aliphatic heterocycles. The molecule has 2 aromatic rings. The maximum Gasteiger partial charge on any atom is 0.287 e. The zero-order chi connectivity index (χ0) is 18.8. The summed E-state index contributed by atoms with van der Waals surface area (Å²) in [6, 6.07) is 11.5. The number of rotatable bonds is 3. The van der Waals surface area contributed by atoms with Gasteiger partial charge in [0.2, 0.25) is 5.91 Å². The number of carbonyl (C=O) groups is 1. The van der Waals surface area contributed by atoms with Crippen molar-refractivity contribution in [2.24, 2.45) is 5.92 Å². The maximum absolute atomic E-state index is 12.9. The molecule has 0 unspecified atom stereocenters. The number of nitrogens with zero attached hydrogens (tertiary/aromatic N) is 4. The van der Waals surface area contributed by atoms with Gasteiger partial charge in [-0.15, -0.1) is 0 Å². The third-order valence-corrected chi connectivity index (χ3v) is 5.55. The molecular weight excluding hydrogens is 344 g/mol. The monoisotopic (exact) mass is 366 g/mol. The minimum atomic E-state index is -0.446. The van der Waals surface area contributed by atoms with Gasteiger partial charge in [0, 0.05) is 38.2 Å². The Bertz CT molecular complexity index is 845.